The largest absolute Gasteiger partial charge is 0.454 e. The average Bonchev–Trinajstić information content (AvgIpc) is 3.38. The number of esters is 1. The Morgan fingerprint density at radius 1 is 0.542 bits per heavy atom. The van der Waals surface area contributed by atoms with Gasteiger partial charge < -0.3 is 45.1 Å². The van der Waals surface area contributed by atoms with Gasteiger partial charge in [-0.05, 0) is 57.8 Å². The van der Waals surface area contributed by atoms with E-state index in [1.165, 1.54) is 161 Å². The standard InChI is InChI=1S/C61H113NO10/c1-4-7-10-13-16-19-22-24-26-27-28-29-30-33-36-39-42-45-48-54(65)60(69)62-52(53(64)47-44-41-38-35-32-21-18-15-12-9-6-3)51-70-61-59(58(68)57(67)55(50-63)71-61)72-56(66)49-46-43-40-37-34-31-25-23-20-17-14-11-8-5-2/h16,19,24,26,44,47,52-55,57-59,61,63-65,67-68H,4-15,17-18,20-23,25,27-43,45-46,48-51H2,1-3H3,(H,62,69)/b19-16-,26-24-,47-44+. The summed E-state index contributed by atoms with van der Waals surface area (Å²) in [6, 6.07) is -1.02. The normalized spacial score (nSPS) is 19.7. The first-order chi connectivity index (χ1) is 35.2. The number of carbonyl (C=O) groups excluding carboxylic acids is 2. The molecule has 11 nitrogen and oxygen atoms in total. The van der Waals surface area contributed by atoms with E-state index in [9.17, 15) is 35.1 Å². The molecule has 0 spiro atoms. The van der Waals surface area contributed by atoms with E-state index >= 15 is 0 Å². The van der Waals surface area contributed by atoms with Gasteiger partial charge in [0.15, 0.2) is 12.4 Å². The third-order valence-electron chi connectivity index (χ3n) is 14.3. The minimum Gasteiger partial charge on any atom is -0.454 e. The summed E-state index contributed by atoms with van der Waals surface area (Å²) in [5.74, 6) is -1.19. The summed E-state index contributed by atoms with van der Waals surface area (Å²) in [5.41, 5.74) is 0. The molecule has 0 aliphatic carbocycles. The van der Waals surface area contributed by atoms with Crippen molar-refractivity contribution in [2.24, 2.45) is 0 Å². The van der Waals surface area contributed by atoms with Gasteiger partial charge in [-0.15, -0.1) is 0 Å². The molecule has 72 heavy (non-hydrogen) atoms. The number of hydrogen-bond donors (Lipinski definition) is 6. The number of carbonyl (C=O) groups is 2. The van der Waals surface area contributed by atoms with Gasteiger partial charge in [0.05, 0.1) is 25.4 Å². The van der Waals surface area contributed by atoms with Gasteiger partial charge in [-0.3, -0.25) is 9.59 Å². The number of unbranched alkanes of at least 4 members (excludes halogenated alkanes) is 33. The maximum absolute atomic E-state index is 13.4. The summed E-state index contributed by atoms with van der Waals surface area (Å²) in [5, 5.41) is 56.9. The van der Waals surface area contributed by atoms with E-state index in [2.05, 4.69) is 50.4 Å². The molecule has 1 rings (SSSR count). The molecule has 11 heteroatoms. The molecule has 8 atom stereocenters. The van der Waals surface area contributed by atoms with Crippen LogP contribution < -0.4 is 5.32 Å². The lowest BCUT2D eigenvalue weighted by Gasteiger charge is -2.41. The highest BCUT2D eigenvalue weighted by Gasteiger charge is 2.47. The van der Waals surface area contributed by atoms with Crippen molar-refractivity contribution in [2.45, 2.75) is 327 Å². The minimum absolute atomic E-state index is 0.127. The molecular weight excluding hydrogens is 907 g/mol. The van der Waals surface area contributed by atoms with Gasteiger partial charge in [-0.1, -0.05) is 250 Å². The smallest absolute Gasteiger partial charge is 0.306 e. The van der Waals surface area contributed by atoms with E-state index in [0.29, 0.717) is 12.8 Å². The van der Waals surface area contributed by atoms with Crippen LogP contribution in [0.4, 0.5) is 0 Å². The quantitative estimate of drug-likeness (QED) is 0.0195. The first kappa shape index (κ1) is 67.9. The van der Waals surface area contributed by atoms with Crippen molar-refractivity contribution in [3.05, 3.63) is 36.5 Å². The molecule has 1 fully saturated rings. The average molecular weight is 1020 g/mol. The number of nitrogens with one attached hydrogen (secondary N) is 1. The Hall–Kier alpha value is -2.12. The Balaban J connectivity index is 2.68. The van der Waals surface area contributed by atoms with Crippen molar-refractivity contribution >= 4 is 11.9 Å². The van der Waals surface area contributed by atoms with Crippen LogP contribution in [0.2, 0.25) is 0 Å². The lowest BCUT2D eigenvalue weighted by Crippen LogP contribution is -2.61. The molecule has 1 aliphatic rings. The zero-order valence-corrected chi connectivity index (χ0v) is 46.6. The van der Waals surface area contributed by atoms with Gasteiger partial charge in [-0.25, -0.2) is 0 Å². The van der Waals surface area contributed by atoms with Crippen molar-refractivity contribution < 1.29 is 49.3 Å². The molecule has 422 valence electrons. The number of rotatable bonds is 51. The van der Waals surface area contributed by atoms with Gasteiger partial charge in [0.2, 0.25) is 5.91 Å². The van der Waals surface area contributed by atoms with Crippen LogP contribution >= 0.6 is 0 Å². The van der Waals surface area contributed by atoms with Gasteiger partial charge in [0.25, 0.3) is 0 Å². The van der Waals surface area contributed by atoms with Gasteiger partial charge in [-0.2, -0.15) is 0 Å². The third kappa shape index (κ3) is 37.6. The second-order valence-corrected chi connectivity index (χ2v) is 21.1. The predicted octanol–water partition coefficient (Wildman–Crippen LogP) is 13.9. The Morgan fingerprint density at radius 3 is 1.44 bits per heavy atom. The van der Waals surface area contributed by atoms with Crippen LogP contribution in [0.25, 0.3) is 0 Å². The summed E-state index contributed by atoms with van der Waals surface area (Å²) >= 11 is 0. The first-order valence-corrected chi connectivity index (χ1v) is 30.3. The zero-order valence-electron chi connectivity index (χ0n) is 46.6. The van der Waals surface area contributed by atoms with Crippen LogP contribution in [0.5, 0.6) is 0 Å². The van der Waals surface area contributed by atoms with Gasteiger partial charge in [0, 0.05) is 6.42 Å². The number of ether oxygens (including phenoxy) is 3. The lowest BCUT2D eigenvalue weighted by atomic mass is 9.99. The van der Waals surface area contributed by atoms with E-state index < -0.39 is 67.4 Å². The fraction of sp³-hybridized carbons (Fsp3) is 0.869. The summed E-state index contributed by atoms with van der Waals surface area (Å²) < 4.78 is 17.6. The van der Waals surface area contributed by atoms with E-state index in [1.54, 1.807) is 6.08 Å². The number of allylic oxidation sites excluding steroid dienone is 5. The van der Waals surface area contributed by atoms with Crippen molar-refractivity contribution in [3.63, 3.8) is 0 Å². The molecule has 1 aliphatic heterocycles. The molecule has 0 radical (unpaired) electrons. The van der Waals surface area contributed by atoms with Gasteiger partial charge >= 0.3 is 5.97 Å². The Bertz CT molecular complexity index is 1310. The Labute approximate surface area is 441 Å². The third-order valence-corrected chi connectivity index (χ3v) is 14.3. The summed E-state index contributed by atoms with van der Waals surface area (Å²) in [7, 11) is 0. The second kappa shape index (κ2) is 49.7. The summed E-state index contributed by atoms with van der Waals surface area (Å²) in [6.07, 6.45) is 47.5. The summed E-state index contributed by atoms with van der Waals surface area (Å²) in [4.78, 5) is 26.5. The highest BCUT2D eigenvalue weighted by atomic mass is 16.7. The van der Waals surface area contributed by atoms with Crippen LogP contribution in [0.1, 0.15) is 278 Å². The maximum atomic E-state index is 13.4. The van der Waals surface area contributed by atoms with E-state index in [-0.39, 0.29) is 19.4 Å². The number of amides is 1. The van der Waals surface area contributed by atoms with Crippen molar-refractivity contribution in [1.29, 1.82) is 0 Å². The fourth-order valence-electron chi connectivity index (χ4n) is 9.45. The molecule has 0 saturated carbocycles. The summed E-state index contributed by atoms with van der Waals surface area (Å²) in [6.45, 7) is 5.76. The van der Waals surface area contributed by atoms with E-state index in [1.807, 2.05) is 6.08 Å². The number of aliphatic hydroxyl groups is 5. The number of aliphatic hydroxyl groups excluding tert-OH is 5. The molecule has 1 amide bonds. The molecule has 1 saturated heterocycles. The van der Waals surface area contributed by atoms with Crippen LogP contribution in [-0.4, -0.2) is 99.6 Å². The molecule has 0 aromatic rings. The van der Waals surface area contributed by atoms with E-state index in [4.69, 9.17) is 14.2 Å². The van der Waals surface area contributed by atoms with Crippen LogP contribution in [-0.2, 0) is 23.8 Å². The van der Waals surface area contributed by atoms with Crippen molar-refractivity contribution in [1.82, 2.24) is 5.32 Å². The van der Waals surface area contributed by atoms with Gasteiger partial charge in [0.1, 0.15) is 24.4 Å². The molecular formula is C61H113NO10. The molecule has 0 aromatic heterocycles. The van der Waals surface area contributed by atoms with Crippen LogP contribution in [0, 0.1) is 0 Å². The van der Waals surface area contributed by atoms with Crippen LogP contribution in [0.3, 0.4) is 0 Å². The molecule has 6 N–H and O–H groups in total. The molecule has 0 aromatic carbocycles. The Kier molecular flexibility index (Phi) is 46.9. The SMILES string of the molecule is CCCCC/C=C\C/C=C\CCCCCCCCCCC(O)C(=O)NC(COC1OC(CO)C(O)C(O)C1OC(=O)CCCCCCCCCCCCCCCC)C(O)/C=C/CCCCCCCCCCC. The van der Waals surface area contributed by atoms with Crippen LogP contribution in [0.15, 0.2) is 36.5 Å². The topological polar surface area (TPSA) is 175 Å². The predicted molar refractivity (Wildman–Crippen MR) is 297 cm³/mol. The first-order valence-electron chi connectivity index (χ1n) is 30.3. The fourth-order valence-corrected chi connectivity index (χ4v) is 9.45. The highest BCUT2D eigenvalue weighted by Crippen LogP contribution is 2.26. The highest BCUT2D eigenvalue weighted by molar-refractivity contribution is 5.80. The van der Waals surface area contributed by atoms with Crippen molar-refractivity contribution in [2.75, 3.05) is 13.2 Å². The molecule has 0 bridgehead atoms. The molecule has 1 heterocycles. The molecule has 8 unspecified atom stereocenters. The van der Waals surface area contributed by atoms with E-state index in [0.717, 1.165) is 70.6 Å². The number of hydrogen-bond acceptors (Lipinski definition) is 10. The lowest BCUT2D eigenvalue weighted by molar-refractivity contribution is -0.305. The minimum atomic E-state index is -1.61. The monoisotopic (exact) mass is 1020 g/mol. The second-order valence-electron chi connectivity index (χ2n) is 21.1. The van der Waals surface area contributed by atoms with Crippen molar-refractivity contribution in [3.8, 4) is 0 Å². The maximum Gasteiger partial charge on any atom is 0.306 e. The zero-order chi connectivity index (χ0) is 52.5. The Morgan fingerprint density at radius 2 is 0.958 bits per heavy atom.